The first-order chi connectivity index (χ1) is 16.1. The lowest BCUT2D eigenvalue weighted by atomic mass is 10.2. The number of fused-ring (bicyclic) bond motifs is 1. The van der Waals surface area contributed by atoms with Crippen molar-refractivity contribution in [1.29, 1.82) is 0 Å². The van der Waals surface area contributed by atoms with Crippen molar-refractivity contribution in [3.8, 4) is 17.2 Å². The summed E-state index contributed by atoms with van der Waals surface area (Å²) in [5.41, 5.74) is 1.86. The van der Waals surface area contributed by atoms with Gasteiger partial charge in [-0.1, -0.05) is 18.2 Å². The van der Waals surface area contributed by atoms with Gasteiger partial charge in [0.1, 0.15) is 17.2 Å². The van der Waals surface area contributed by atoms with Crippen LogP contribution in [0.2, 0.25) is 0 Å². The number of anilines is 3. The molecule has 0 saturated carbocycles. The van der Waals surface area contributed by atoms with Crippen molar-refractivity contribution in [2.75, 3.05) is 42.4 Å². The molecule has 0 unspecified atom stereocenters. The van der Waals surface area contributed by atoms with Crippen molar-refractivity contribution in [1.82, 2.24) is 0 Å². The maximum Gasteiger partial charge on any atom is 0.323 e. The fraction of sp³-hybridized carbons (Fsp3) is 0.200. The lowest BCUT2D eigenvalue weighted by molar-refractivity contribution is -0.121. The van der Waals surface area contributed by atoms with Crippen molar-refractivity contribution in [2.24, 2.45) is 0 Å². The first-order valence-electron chi connectivity index (χ1n) is 10.6. The number of para-hydroxylation sites is 1. The van der Waals surface area contributed by atoms with E-state index in [1.807, 2.05) is 42.5 Å². The SMILES string of the molecule is COc1ccc(OCCCN2C(=O)COc3ccc(NC(=O)Nc4ccccc4)cc32)cc1. The van der Waals surface area contributed by atoms with Gasteiger partial charge in [-0.2, -0.15) is 0 Å². The number of benzene rings is 3. The standard InChI is InChI=1S/C25H25N3O5/c1-31-20-9-11-21(12-10-20)32-15-5-14-28-22-16-19(8-13-23(22)33-17-24(28)29)27-25(30)26-18-6-3-2-4-7-18/h2-4,6-13,16H,5,14-15,17H2,1H3,(H2,26,27,30). The van der Waals surface area contributed by atoms with Gasteiger partial charge in [-0.05, 0) is 61.0 Å². The third-order valence-electron chi connectivity index (χ3n) is 5.05. The first kappa shape index (κ1) is 22.0. The number of hydrogen-bond donors (Lipinski definition) is 2. The Bertz CT molecular complexity index is 1100. The topological polar surface area (TPSA) is 89.1 Å². The molecule has 8 nitrogen and oxygen atoms in total. The van der Waals surface area contributed by atoms with Gasteiger partial charge < -0.3 is 29.7 Å². The van der Waals surface area contributed by atoms with E-state index in [4.69, 9.17) is 14.2 Å². The highest BCUT2D eigenvalue weighted by atomic mass is 16.5. The number of nitrogens with one attached hydrogen (secondary N) is 2. The van der Waals surface area contributed by atoms with Gasteiger partial charge in [0.15, 0.2) is 6.61 Å². The van der Waals surface area contributed by atoms with E-state index in [0.29, 0.717) is 42.4 Å². The second-order valence-corrected chi connectivity index (χ2v) is 7.34. The summed E-state index contributed by atoms with van der Waals surface area (Å²) in [6, 6.07) is 21.4. The van der Waals surface area contributed by atoms with Crippen LogP contribution in [-0.4, -0.2) is 38.8 Å². The van der Waals surface area contributed by atoms with Crippen LogP contribution in [0.15, 0.2) is 72.8 Å². The Balaban J connectivity index is 1.36. The molecule has 0 aliphatic carbocycles. The summed E-state index contributed by atoms with van der Waals surface area (Å²) in [5, 5.41) is 5.56. The second-order valence-electron chi connectivity index (χ2n) is 7.34. The molecule has 3 aromatic rings. The summed E-state index contributed by atoms with van der Waals surface area (Å²) in [4.78, 5) is 26.5. The zero-order chi connectivity index (χ0) is 23.0. The molecular formula is C25H25N3O5. The maximum atomic E-state index is 12.5. The van der Waals surface area contributed by atoms with Crippen LogP contribution in [0.3, 0.4) is 0 Å². The van der Waals surface area contributed by atoms with Crippen molar-refractivity contribution < 1.29 is 23.8 Å². The maximum absolute atomic E-state index is 12.5. The molecule has 8 heteroatoms. The van der Waals surface area contributed by atoms with Gasteiger partial charge in [-0.25, -0.2) is 4.79 Å². The van der Waals surface area contributed by atoms with E-state index in [1.165, 1.54) is 0 Å². The predicted octanol–water partition coefficient (Wildman–Crippen LogP) is 4.53. The Morgan fingerprint density at radius 3 is 2.45 bits per heavy atom. The van der Waals surface area contributed by atoms with E-state index in [-0.39, 0.29) is 18.5 Å². The minimum Gasteiger partial charge on any atom is -0.497 e. The van der Waals surface area contributed by atoms with E-state index in [1.54, 1.807) is 42.3 Å². The van der Waals surface area contributed by atoms with Gasteiger partial charge in [-0.15, -0.1) is 0 Å². The van der Waals surface area contributed by atoms with Crippen LogP contribution >= 0.6 is 0 Å². The Hall–Kier alpha value is -4.20. The van der Waals surface area contributed by atoms with Gasteiger partial charge >= 0.3 is 6.03 Å². The molecule has 3 aromatic carbocycles. The van der Waals surface area contributed by atoms with Crippen molar-refractivity contribution in [2.45, 2.75) is 6.42 Å². The normalized spacial score (nSPS) is 12.4. The summed E-state index contributed by atoms with van der Waals surface area (Å²) in [7, 11) is 1.61. The molecule has 0 spiro atoms. The number of amides is 3. The van der Waals surface area contributed by atoms with Gasteiger partial charge in [0.25, 0.3) is 5.91 Å². The highest BCUT2D eigenvalue weighted by Crippen LogP contribution is 2.34. The fourth-order valence-electron chi connectivity index (χ4n) is 3.42. The Kier molecular flexibility index (Phi) is 6.94. The van der Waals surface area contributed by atoms with Crippen LogP contribution in [-0.2, 0) is 4.79 Å². The Morgan fingerprint density at radius 1 is 0.970 bits per heavy atom. The highest BCUT2D eigenvalue weighted by molar-refractivity contribution is 6.02. The summed E-state index contributed by atoms with van der Waals surface area (Å²) in [5.74, 6) is 1.96. The third kappa shape index (κ3) is 5.74. The molecule has 0 bridgehead atoms. The third-order valence-corrected chi connectivity index (χ3v) is 5.05. The zero-order valence-corrected chi connectivity index (χ0v) is 18.2. The van der Waals surface area contributed by atoms with E-state index < -0.39 is 0 Å². The quantitative estimate of drug-likeness (QED) is 0.495. The molecule has 2 N–H and O–H groups in total. The summed E-state index contributed by atoms with van der Waals surface area (Å²) >= 11 is 0. The van der Waals surface area contributed by atoms with Crippen molar-refractivity contribution >= 4 is 29.0 Å². The first-order valence-corrected chi connectivity index (χ1v) is 10.6. The van der Waals surface area contributed by atoms with Crippen LogP contribution in [0.5, 0.6) is 17.2 Å². The number of urea groups is 1. The molecule has 170 valence electrons. The molecule has 1 heterocycles. The highest BCUT2D eigenvalue weighted by Gasteiger charge is 2.25. The zero-order valence-electron chi connectivity index (χ0n) is 18.2. The molecule has 33 heavy (non-hydrogen) atoms. The van der Waals surface area contributed by atoms with Crippen molar-refractivity contribution in [3.63, 3.8) is 0 Å². The Morgan fingerprint density at radius 2 is 1.70 bits per heavy atom. The molecule has 0 saturated heterocycles. The van der Waals surface area contributed by atoms with Crippen molar-refractivity contribution in [3.05, 3.63) is 72.8 Å². The molecule has 0 radical (unpaired) electrons. The molecule has 1 aliphatic heterocycles. The average Bonchev–Trinajstić information content (AvgIpc) is 2.84. The van der Waals surface area contributed by atoms with Crippen LogP contribution < -0.4 is 29.7 Å². The molecule has 0 fully saturated rings. The number of methoxy groups -OCH3 is 1. The van der Waals surface area contributed by atoms with E-state index in [2.05, 4.69) is 10.6 Å². The van der Waals surface area contributed by atoms with Crippen LogP contribution in [0, 0.1) is 0 Å². The van der Waals surface area contributed by atoms with E-state index in [0.717, 1.165) is 11.5 Å². The molecular weight excluding hydrogens is 422 g/mol. The van der Waals surface area contributed by atoms with Crippen LogP contribution in [0.4, 0.5) is 21.9 Å². The number of rotatable bonds is 8. The van der Waals surface area contributed by atoms with Gasteiger partial charge in [0, 0.05) is 17.9 Å². The number of carbonyl (C=O) groups excluding carboxylic acids is 2. The summed E-state index contributed by atoms with van der Waals surface area (Å²) in [6.45, 7) is 0.891. The second kappa shape index (κ2) is 10.4. The smallest absolute Gasteiger partial charge is 0.323 e. The lowest BCUT2D eigenvalue weighted by Gasteiger charge is -2.30. The molecule has 0 atom stereocenters. The van der Waals surface area contributed by atoms with Gasteiger partial charge in [0.2, 0.25) is 0 Å². The monoisotopic (exact) mass is 447 g/mol. The summed E-state index contributed by atoms with van der Waals surface area (Å²) < 4.78 is 16.5. The Labute approximate surface area is 192 Å². The minimum atomic E-state index is -0.372. The molecule has 3 amide bonds. The molecule has 1 aliphatic rings. The number of carbonyl (C=O) groups is 2. The van der Waals surface area contributed by atoms with E-state index >= 15 is 0 Å². The van der Waals surface area contributed by atoms with Crippen LogP contribution in [0.1, 0.15) is 6.42 Å². The molecule has 0 aromatic heterocycles. The molecule has 4 rings (SSSR count). The van der Waals surface area contributed by atoms with Crippen LogP contribution in [0.25, 0.3) is 0 Å². The predicted molar refractivity (Wildman–Crippen MR) is 126 cm³/mol. The number of nitrogens with zero attached hydrogens (tertiary/aromatic N) is 1. The van der Waals surface area contributed by atoms with Gasteiger partial charge in [-0.3, -0.25) is 4.79 Å². The van der Waals surface area contributed by atoms with E-state index in [9.17, 15) is 9.59 Å². The minimum absolute atomic E-state index is 0.0202. The lowest BCUT2D eigenvalue weighted by Crippen LogP contribution is -2.39. The number of hydrogen-bond acceptors (Lipinski definition) is 5. The largest absolute Gasteiger partial charge is 0.497 e. The fourth-order valence-corrected chi connectivity index (χ4v) is 3.42. The van der Waals surface area contributed by atoms with Gasteiger partial charge in [0.05, 0.1) is 19.4 Å². The summed E-state index contributed by atoms with van der Waals surface area (Å²) in [6.07, 6.45) is 0.628. The average molecular weight is 447 g/mol. The number of ether oxygens (including phenoxy) is 3.